The minimum atomic E-state index is -0.906. The number of imidazole rings is 1. The smallest absolute Gasteiger partial charge is 0.226 e. The molecule has 0 saturated carbocycles. The second-order valence-electron chi connectivity index (χ2n) is 9.70. The number of hydrogen-bond acceptors (Lipinski definition) is 8. The van der Waals surface area contributed by atoms with E-state index in [0.29, 0.717) is 17.6 Å². The first-order valence-electron chi connectivity index (χ1n) is 13.0. The van der Waals surface area contributed by atoms with Gasteiger partial charge in [0.2, 0.25) is 5.28 Å². The number of nitrogens with two attached hydrogens (primary N) is 2. The highest BCUT2D eigenvalue weighted by Gasteiger charge is 2.41. The number of anilines is 1. The molecule has 6 rings (SSSR count). The van der Waals surface area contributed by atoms with Crippen molar-refractivity contribution in [3.05, 3.63) is 113 Å². The molecule has 3 aromatic carbocycles. The number of methoxy groups -OCH3 is 1. The van der Waals surface area contributed by atoms with Crippen molar-refractivity contribution in [3.63, 3.8) is 0 Å². The molecule has 204 valence electrons. The number of rotatable bonds is 8. The van der Waals surface area contributed by atoms with Crippen LogP contribution in [0.25, 0.3) is 11.2 Å². The summed E-state index contributed by atoms with van der Waals surface area (Å²) in [6.07, 6.45) is 1.36. The quantitative estimate of drug-likeness (QED) is 0.208. The molecular weight excluding hydrogens is 528 g/mol. The van der Waals surface area contributed by atoms with Gasteiger partial charge in [0.1, 0.15) is 16.9 Å². The van der Waals surface area contributed by atoms with Crippen LogP contribution in [0.2, 0.25) is 5.28 Å². The predicted octanol–water partition coefficient (Wildman–Crippen LogP) is 4.69. The van der Waals surface area contributed by atoms with Gasteiger partial charge in [0.05, 0.1) is 32.2 Å². The molecule has 0 amide bonds. The zero-order chi connectivity index (χ0) is 27.7. The van der Waals surface area contributed by atoms with E-state index in [1.54, 1.807) is 18.0 Å². The van der Waals surface area contributed by atoms with Crippen LogP contribution < -0.4 is 16.2 Å². The number of aromatic nitrogens is 4. The van der Waals surface area contributed by atoms with E-state index in [1.165, 1.54) is 0 Å². The van der Waals surface area contributed by atoms with Crippen molar-refractivity contribution in [3.8, 4) is 5.75 Å². The van der Waals surface area contributed by atoms with Crippen LogP contribution in [0.3, 0.4) is 0 Å². The lowest BCUT2D eigenvalue weighted by Gasteiger charge is -2.36. The van der Waals surface area contributed by atoms with E-state index in [-0.39, 0.29) is 29.9 Å². The van der Waals surface area contributed by atoms with Gasteiger partial charge < -0.3 is 25.7 Å². The third kappa shape index (κ3) is 4.67. The number of benzene rings is 3. The van der Waals surface area contributed by atoms with Gasteiger partial charge in [0, 0.05) is 0 Å². The molecule has 5 aromatic rings. The summed E-state index contributed by atoms with van der Waals surface area (Å²) >= 11 is 6.07. The van der Waals surface area contributed by atoms with Gasteiger partial charge in [-0.1, -0.05) is 72.8 Å². The Morgan fingerprint density at radius 2 is 1.57 bits per heavy atom. The minimum absolute atomic E-state index is 0.0354. The molecule has 10 heteroatoms. The van der Waals surface area contributed by atoms with Crippen molar-refractivity contribution >= 4 is 28.6 Å². The average Bonchev–Trinajstić information content (AvgIpc) is 3.57. The largest absolute Gasteiger partial charge is 0.497 e. The second kappa shape index (κ2) is 10.9. The van der Waals surface area contributed by atoms with Gasteiger partial charge in [0.25, 0.3) is 0 Å². The first kappa shape index (κ1) is 26.2. The Morgan fingerprint density at radius 1 is 0.950 bits per heavy atom. The first-order valence-corrected chi connectivity index (χ1v) is 13.3. The topological polar surface area (TPSA) is 123 Å². The number of ether oxygens (including phenoxy) is 3. The van der Waals surface area contributed by atoms with Crippen LogP contribution in [0.1, 0.15) is 29.3 Å². The van der Waals surface area contributed by atoms with E-state index in [9.17, 15) is 0 Å². The lowest BCUT2D eigenvalue weighted by atomic mass is 9.80. The number of hydrogen-bond donors (Lipinski definition) is 2. The fourth-order valence-electron chi connectivity index (χ4n) is 5.39. The molecule has 3 unspecified atom stereocenters. The zero-order valence-corrected chi connectivity index (χ0v) is 22.6. The Hall–Kier alpha value is -4.02. The number of nitrogens with zero attached hydrogens (tertiary/aromatic N) is 4. The highest BCUT2D eigenvalue weighted by atomic mass is 35.5. The van der Waals surface area contributed by atoms with E-state index < -0.39 is 11.8 Å². The van der Waals surface area contributed by atoms with Crippen LogP contribution >= 0.6 is 11.6 Å². The van der Waals surface area contributed by atoms with E-state index >= 15 is 0 Å². The van der Waals surface area contributed by atoms with Gasteiger partial charge in [-0.05, 0) is 46.8 Å². The monoisotopic (exact) mass is 556 g/mol. The number of halogens is 1. The molecule has 1 aliphatic heterocycles. The van der Waals surface area contributed by atoms with Crippen LogP contribution in [0.4, 0.5) is 5.82 Å². The molecule has 1 saturated heterocycles. The Balaban J connectivity index is 1.35. The molecule has 4 N–H and O–H groups in total. The molecule has 40 heavy (non-hydrogen) atoms. The molecule has 9 nitrogen and oxygen atoms in total. The van der Waals surface area contributed by atoms with Crippen molar-refractivity contribution in [2.24, 2.45) is 5.73 Å². The molecule has 0 bridgehead atoms. The number of nitrogen functional groups attached to an aromatic ring is 1. The zero-order valence-electron chi connectivity index (χ0n) is 21.9. The third-order valence-corrected chi connectivity index (χ3v) is 7.44. The molecule has 2 aromatic heterocycles. The van der Waals surface area contributed by atoms with Crippen molar-refractivity contribution in [2.75, 3.05) is 19.5 Å². The maximum Gasteiger partial charge on any atom is 0.226 e. The standard InChI is InChI=1S/C30H29ClN6O3/c1-38-22-14-12-21(13-15-22)30(19-8-4-2-5-9-19,20-10-6-3-7-11-20)39-17-23-16-24(32)28(40-23)37-18-34-25-26(33)35-29(31)36-27(25)37/h2-15,18,23-24,28H,16-17,32H2,1H3,(H2,33,35,36). The van der Waals surface area contributed by atoms with Gasteiger partial charge in [-0.15, -0.1) is 0 Å². The Bertz CT molecular complexity index is 1560. The lowest BCUT2D eigenvalue weighted by Crippen LogP contribution is -2.35. The first-order chi connectivity index (χ1) is 19.5. The second-order valence-corrected chi connectivity index (χ2v) is 10.0. The Morgan fingerprint density at radius 3 is 2.20 bits per heavy atom. The molecule has 3 heterocycles. The van der Waals surface area contributed by atoms with E-state index in [2.05, 4.69) is 39.2 Å². The highest BCUT2D eigenvalue weighted by Crippen LogP contribution is 2.42. The van der Waals surface area contributed by atoms with Crippen LogP contribution in [0.5, 0.6) is 5.75 Å². The summed E-state index contributed by atoms with van der Waals surface area (Å²) in [4.78, 5) is 12.7. The van der Waals surface area contributed by atoms with Crippen molar-refractivity contribution in [1.29, 1.82) is 0 Å². The fourth-order valence-corrected chi connectivity index (χ4v) is 5.56. The lowest BCUT2D eigenvalue weighted by molar-refractivity contribution is -0.0767. The van der Waals surface area contributed by atoms with Gasteiger partial charge in [-0.3, -0.25) is 4.57 Å². The molecule has 0 radical (unpaired) electrons. The molecule has 1 fully saturated rings. The normalized spacial score (nSPS) is 19.2. The Kier molecular flexibility index (Phi) is 7.12. The summed E-state index contributed by atoms with van der Waals surface area (Å²) < 4.78 is 20.6. The van der Waals surface area contributed by atoms with E-state index in [1.807, 2.05) is 60.7 Å². The molecule has 1 aliphatic rings. The maximum atomic E-state index is 6.97. The van der Waals surface area contributed by atoms with E-state index in [4.69, 9.17) is 37.3 Å². The van der Waals surface area contributed by atoms with Gasteiger partial charge in [0.15, 0.2) is 17.7 Å². The summed E-state index contributed by atoms with van der Waals surface area (Å²) in [7, 11) is 1.65. The molecule has 0 aliphatic carbocycles. The van der Waals surface area contributed by atoms with Crippen LogP contribution in [-0.4, -0.2) is 45.4 Å². The van der Waals surface area contributed by atoms with Crippen LogP contribution in [0.15, 0.2) is 91.3 Å². The summed E-state index contributed by atoms with van der Waals surface area (Å²) in [5, 5.41) is 0.0354. The van der Waals surface area contributed by atoms with E-state index in [0.717, 1.165) is 22.4 Å². The molecule has 0 spiro atoms. The van der Waals surface area contributed by atoms with Crippen LogP contribution in [-0.2, 0) is 15.1 Å². The van der Waals surface area contributed by atoms with Gasteiger partial charge in [-0.2, -0.15) is 9.97 Å². The third-order valence-electron chi connectivity index (χ3n) is 7.27. The molecular formula is C30H29ClN6O3. The predicted molar refractivity (Wildman–Crippen MR) is 153 cm³/mol. The number of fused-ring (bicyclic) bond motifs is 1. The van der Waals surface area contributed by atoms with Crippen LogP contribution in [0, 0.1) is 0 Å². The molecule has 3 atom stereocenters. The van der Waals surface area contributed by atoms with Crippen molar-refractivity contribution in [2.45, 2.75) is 30.4 Å². The maximum absolute atomic E-state index is 6.97. The van der Waals surface area contributed by atoms with Crippen molar-refractivity contribution < 1.29 is 14.2 Å². The summed E-state index contributed by atoms with van der Waals surface area (Å²) in [6.45, 7) is 0.282. The van der Waals surface area contributed by atoms with Crippen molar-refractivity contribution in [1.82, 2.24) is 19.5 Å². The highest BCUT2D eigenvalue weighted by molar-refractivity contribution is 6.28. The van der Waals surface area contributed by atoms with Gasteiger partial charge in [-0.25, -0.2) is 4.98 Å². The average molecular weight is 557 g/mol. The van der Waals surface area contributed by atoms with Gasteiger partial charge >= 0.3 is 0 Å². The minimum Gasteiger partial charge on any atom is -0.497 e. The summed E-state index contributed by atoms with van der Waals surface area (Å²) in [6, 6.07) is 28.0. The summed E-state index contributed by atoms with van der Waals surface area (Å²) in [5.41, 5.74) is 15.5. The summed E-state index contributed by atoms with van der Waals surface area (Å²) in [5.74, 6) is 0.971. The SMILES string of the molecule is COc1ccc(C(OCC2CC(N)C(n3cnc4c(N)nc(Cl)nc43)O2)(c2ccccc2)c2ccccc2)cc1. The Labute approximate surface area is 236 Å². The fraction of sp³-hybridized carbons (Fsp3) is 0.233.